The van der Waals surface area contributed by atoms with E-state index < -0.39 is 5.97 Å². The summed E-state index contributed by atoms with van der Waals surface area (Å²) in [6.07, 6.45) is 3.54. The molecule has 2 aliphatic heterocycles. The van der Waals surface area contributed by atoms with Gasteiger partial charge in [-0.1, -0.05) is 0 Å². The van der Waals surface area contributed by atoms with Gasteiger partial charge in [0.05, 0.1) is 6.67 Å². The van der Waals surface area contributed by atoms with Crippen LogP contribution in [0.15, 0.2) is 11.9 Å². The number of hydrogen-bond donors (Lipinski definition) is 3. The zero-order valence-corrected chi connectivity index (χ0v) is 6.58. The lowest BCUT2D eigenvalue weighted by Gasteiger charge is -2.28. The van der Waals surface area contributed by atoms with Crippen molar-refractivity contribution in [2.75, 3.05) is 6.67 Å². The van der Waals surface area contributed by atoms with Crippen LogP contribution in [0, 0.1) is 0 Å². The van der Waals surface area contributed by atoms with Crippen LogP contribution >= 0.6 is 0 Å². The number of nitrogens with zero attached hydrogens (tertiary/aromatic N) is 1. The average molecular weight is 169 g/mol. The van der Waals surface area contributed by atoms with E-state index in [-0.39, 0.29) is 6.04 Å². The molecule has 0 aromatic heterocycles. The first-order valence-electron chi connectivity index (χ1n) is 3.97. The molecule has 5 heteroatoms. The fourth-order valence-corrected chi connectivity index (χ4v) is 1.61. The molecule has 0 aromatic carbocycles. The highest BCUT2D eigenvalue weighted by molar-refractivity contribution is 5.74. The maximum absolute atomic E-state index is 10.8. The van der Waals surface area contributed by atoms with Gasteiger partial charge < -0.3 is 15.4 Å². The second kappa shape index (κ2) is 2.67. The van der Waals surface area contributed by atoms with E-state index in [0.717, 1.165) is 12.2 Å². The number of aliphatic carboxylic acids is 1. The monoisotopic (exact) mass is 169 g/mol. The normalized spacial score (nSPS) is 27.5. The Morgan fingerprint density at radius 1 is 1.75 bits per heavy atom. The number of hydrazine groups is 1. The second-order valence-electron chi connectivity index (χ2n) is 2.95. The minimum atomic E-state index is -0.744. The van der Waals surface area contributed by atoms with Crippen LogP contribution in [-0.2, 0) is 4.79 Å². The molecule has 2 rings (SSSR count). The highest BCUT2D eigenvalue weighted by Gasteiger charge is 2.32. The Hall–Kier alpha value is -1.23. The molecule has 1 unspecified atom stereocenters. The van der Waals surface area contributed by atoms with Gasteiger partial charge in [0.2, 0.25) is 0 Å². The summed E-state index contributed by atoms with van der Waals surface area (Å²) in [7, 11) is 0. The lowest BCUT2D eigenvalue weighted by atomic mass is 10.1. The highest BCUT2D eigenvalue weighted by Crippen LogP contribution is 2.20. The van der Waals surface area contributed by atoms with Gasteiger partial charge in [0, 0.05) is 0 Å². The number of nitrogens with one attached hydrogen (secondary N) is 2. The van der Waals surface area contributed by atoms with Gasteiger partial charge in [0.15, 0.2) is 0 Å². The summed E-state index contributed by atoms with van der Waals surface area (Å²) < 4.78 is 0. The largest absolute Gasteiger partial charge is 0.480 e. The molecule has 0 spiro atoms. The third-order valence-electron chi connectivity index (χ3n) is 2.21. The SMILES string of the molecule is O=C(O)C1CCC=C2NNCN21. The van der Waals surface area contributed by atoms with Crippen molar-refractivity contribution in [2.24, 2.45) is 0 Å². The van der Waals surface area contributed by atoms with Crippen molar-refractivity contribution in [2.45, 2.75) is 18.9 Å². The maximum atomic E-state index is 10.8. The molecule has 1 atom stereocenters. The molecule has 0 saturated carbocycles. The fraction of sp³-hybridized carbons (Fsp3) is 0.571. The van der Waals surface area contributed by atoms with Crippen LogP contribution in [-0.4, -0.2) is 28.7 Å². The van der Waals surface area contributed by atoms with E-state index in [1.54, 1.807) is 0 Å². The van der Waals surface area contributed by atoms with Gasteiger partial charge in [-0.15, -0.1) is 0 Å². The third kappa shape index (κ3) is 1.02. The minimum Gasteiger partial charge on any atom is -0.480 e. The van der Waals surface area contributed by atoms with Crippen LogP contribution < -0.4 is 10.9 Å². The Morgan fingerprint density at radius 2 is 2.58 bits per heavy atom. The molecule has 0 aromatic rings. The number of carboxylic acid groups (broad SMARTS) is 1. The third-order valence-corrected chi connectivity index (χ3v) is 2.21. The molecular formula is C7H11N3O2. The van der Waals surface area contributed by atoms with E-state index >= 15 is 0 Å². The molecule has 0 amide bonds. The molecule has 0 radical (unpaired) electrons. The second-order valence-corrected chi connectivity index (χ2v) is 2.95. The zero-order valence-electron chi connectivity index (χ0n) is 6.58. The summed E-state index contributed by atoms with van der Waals surface area (Å²) in [6, 6.07) is -0.368. The molecule has 1 fully saturated rings. The molecule has 66 valence electrons. The number of fused-ring (bicyclic) bond motifs is 1. The molecule has 12 heavy (non-hydrogen) atoms. The molecular weight excluding hydrogens is 158 g/mol. The molecule has 0 aliphatic carbocycles. The zero-order chi connectivity index (χ0) is 8.55. The van der Waals surface area contributed by atoms with Crippen LogP contribution in [0.2, 0.25) is 0 Å². The van der Waals surface area contributed by atoms with Gasteiger partial charge in [0.25, 0.3) is 0 Å². The van der Waals surface area contributed by atoms with Gasteiger partial charge in [-0.2, -0.15) is 0 Å². The first-order chi connectivity index (χ1) is 5.79. The van der Waals surface area contributed by atoms with Crippen LogP contribution in [0.1, 0.15) is 12.8 Å². The Bertz CT molecular complexity index is 239. The predicted molar refractivity (Wildman–Crippen MR) is 41.7 cm³/mol. The van der Waals surface area contributed by atoms with E-state index in [9.17, 15) is 4.79 Å². The van der Waals surface area contributed by atoms with Crippen molar-refractivity contribution in [3.05, 3.63) is 11.9 Å². The Labute approximate surface area is 70.0 Å². The molecule has 0 bridgehead atoms. The van der Waals surface area contributed by atoms with Crippen molar-refractivity contribution in [3.8, 4) is 0 Å². The Kier molecular flexibility index (Phi) is 1.65. The van der Waals surface area contributed by atoms with Crippen molar-refractivity contribution >= 4 is 5.97 Å². The first-order valence-corrected chi connectivity index (χ1v) is 3.97. The summed E-state index contributed by atoms with van der Waals surface area (Å²) in [5.41, 5.74) is 5.81. The molecule has 5 nitrogen and oxygen atoms in total. The van der Waals surface area contributed by atoms with Gasteiger partial charge in [-0.25, -0.2) is 10.2 Å². The number of carboxylic acids is 1. The Morgan fingerprint density at radius 3 is 3.33 bits per heavy atom. The first kappa shape index (κ1) is 7.42. The molecule has 2 aliphatic rings. The number of carbonyl (C=O) groups is 1. The Balaban J connectivity index is 2.19. The maximum Gasteiger partial charge on any atom is 0.326 e. The van der Waals surface area contributed by atoms with Gasteiger partial charge in [0.1, 0.15) is 11.9 Å². The van der Waals surface area contributed by atoms with Crippen LogP contribution in [0.3, 0.4) is 0 Å². The van der Waals surface area contributed by atoms with Crippen LogP contribution in [0.25, 0.3) is 0 Å². The number of rotatable bonds is 1. The topological polar surface area (TPSA) is 64.6 Å². The average Bonchev–Trinajstić information content (AvgIpc) is 2.49. The smallest absolute Gasteiger partial charge is 0.326 e. The minimum absolute atomic E-state index is 0.368. The van der Waals surface area contributed by atoms with E-state index in [2.05, 4.69) is 10.9 Å². The summed E-state index contributed by atoms with van der Waals surface area (Å²) in [5.74, 6) is 0.153. The van der Waals surface area contributed by atoms with E-state index in [4.69, 9.17) is 5.11 Å². The predicted octanol–water partition coefficient (Wildman–Crippen LogP) is -0.558. The summed E-state index contributed by atoms with van der Waals surface area (Å²) in [5, 5.41) is 8.86. The summed E-state index contributed by atoms with van der Waals surface area (Å²) in [4.78, 5) is 12.6. The molecule has 2 heterocycles. The fourth-order valence-electron chi connectivity index (χ4n) is 1.61. The van der Waals surface area contributed by atoms with Gasteiger partial charge in [-0.05, 0) is 18.9 Å². The highest BCUT2D eigenvalue weighted by atomic mass is 16.4. The van der Waals surface area contributed by atoms with Gasteiger partial charge in [-0.3, -0.25) is 0 Å². The molecule has 1 saturated heterocycles. The van der Waals surface area contributed by atoms with Crippen molar-refractivity contribution < 1.29 is 9.90 Å². The number of hydrogen-bond acceptors (Lipinski definition) is 4. The van der Waals surface area contributed by atoms with Gasteiger partial charge >= 0.3 is 5.97 Å². The number of allylic oxidation sites excluding steroid dienone is 1. The van der Waals surface area contributed by atoms with Crippen LogP contribution in [0.5, 0.6) is 0 Å². The quantitative estimate of drug-likeness (QED) is 0.491. The standard InChI is InChI=1S/C7H11N3O2/c11-7(12)5-2-1-3-6-9-8-4-10(5)6/h3,5,8-9H,1-2,4H2,(H,11,12). The van der Waals surface area contributed by atoms with Crippen LogP contribution in [0.4, 0.5) is 0 Å². The van der Waals surface area contributed by atoms with Crippen molar-refractivity contribution in [1.82, 2.24) is 15.8 Å². The molecule has 3 N–H and O–H groups in total. The van der Waals surface area contributed by atoms with Crippen molar-refractivity contribution in [1.29, 1.82) is 0 Å². The lowest BCUT2D eigenvalue weighted by molar-refractivity contribution is -0.142. The lowest BCUT2D eigenvalue weighted by Crippen LogP contribution is -2.41. The summed E-state index contributed by atoms with van der Waals surface area (Å²) >= 11 is 0. The van der Waals surface area contributed by atoms with E-state index in [1.165, 1.54) is 0 Å². The van der Waals surface area contributed by atoms with E-state index in [0.29, 0.717) is 13.1 Å². The summed E-state index contributed by atoms with van der Waals surface area (Å²) in [6.45, 7) is 0.572. The van der Waals surface area contributed by atoms with E-state index in [1.807, 2.05) is 11.0 Å². The van der Waals surface area contributed by atoms with Crippen molar-refractivity contribution in [3.63, 3.8) is 0 Å².